The van der Waals surface area contributed by atoms with Crippen molar-refractivity contribution in [2.75, 3.05) is 36.1 Å². The zero-order valence-corrected chi connectivity index (χ0v) is 20.4. The lowest BCUT2D eigenvalue weighted by molar-refractivity contribution is -0.119. The highest BCUT2D eigenvalue weighted by molar-refractivity contribution is 6.32. The normalized spacial score (nSPS) is 17.9. The molecule has 2 aliphatic rings. The maximum absolute atomic E-state index is 12.4. The molecule has 0 bridgehead atoms. The van der Waals surface area contributed by atoms with Gasteiger partial charge in [-0.25, -0.2) is 4.98 Å². The van der Waals surface area contributed by atoms with Gasteiger partial charge < -0.3 is 20.9 Å². The predicted octanol–water partition coefficient (Wildman–Crippen LogP) is 4.18. The summed E-state index contributed by atoms with van der Waals surface area (Å²) >= 11 is 6.38. The van der Waals surface area contributed by atoms with Crippen molar-refractivity contribution in [2.45, 2.75) is 44.7 Å². The number of amides is 1. The zero-order valence-electron chi connectivity index (χ0n) is 19.6. The summed E-state index contributed by atoms with van der Waals surface area (Å²) in [7, 11) is 2.15. The molecule has 34 heavy (non-hydrogen) atoms. The molecule has 3 N–H and O–H groups in total. The Morgan fingerprint density at radius 1 is 1.24 bits per heavy atom. The Morgan fingerprint density at radius 2 is 2.03 bits per heavy atom. The topological polar surface area (TPSA) is 100 Å². The Hall–Kier alpha value is -3.17. The van der Waals surface area contributed by atoms with Crippen LogP contribution >= 0.6 is 11.6 Å². The van der Waals surface area contributed by atoms with Gasteiger partial charge in [-0.05, 0) is 64.0 Å². The average molecular weight is 481 g/mol. The van der Waals surface area contributed by atoms with Gasteiger partial charge in [0, 0.05) is 18.4 Å². The van der Waals surface area contributed by atoms with Crippen LogP contribution < -0.4 is 16.0 Å². The molecule has 0 radical (unpaired) electrons. The summed E-state index contributed by atoms with van der Waals surface area (Å²) in [5.41, 5.74) is 3.11. The van der Waals surface area contributed by atoms with E-state index in [1.54, 1.807) is 12.4 Å². The molecule has 178 valence electrons. The van der Waals surface area contributed by atoms with Crippen molar-refractivity contribution in [3.8, 4) is 0 Å². The Kier molecular flexibility index (Phi) is 5.91. The molecule has 5 rings (SSSR count). The SMILES string of the molecule is CN1CCC(n2cc(Nc3ncc(Cl)c(NCc4cccc5c4C(C)(C)C(=O)N5)n3)cn2)CC1. The Labute approximate surface area is 203 Å². The minimum Gasteiger partial charge on any atom is -0.365 e. The predicted molar refractivity (Wildman–Crippen MR) is 134 cm³/mol. The van der Waals surface area contributed by atoms with Gasteiger partial charge in [-0.2, -0.15) is 10.1 Å². The van der Waals surface area contributed by atoms with Gasteiger partial charge in [-0.1, -0.05) is 23.7 Å². The maximum Gasteiger partial charge on any atom is 0.234 e. The van der Waals surface area contributed by atoms with Crippen molar-refractivity contribution in [1.29, 1.82) is 0 Å². The lowest BCUT2D eigenvalue weighted by atomic mass is 9.83. The highest BCUT2D eigenvalue weighted by atomic mass is 35.5. The summed E-state index contributed by atoms with van der Waals surface area (Å²) < 4.78 is 2.03. The van der Waals surface area contributed by atoms with Crippen LogP contribution in [0.15, 0.2) is 36.8 Å². The van der Waals surface area contributed by atoms with Gasteiger partial charge >= 0.3 is 0 Å². The molecule has 1 aromatic carbocycles. The molecule has 4 heterocycles. The van der Waals surface area contributed by atoms with Crippen LogP contribution in [0.5, 0.6) is 0 Å². The van der Waals surface area contributed by atoms with E-state index >= 15 is 0 Å². The Bertz CT molecular complexity index is 1220. The van der Waals surface area contributed by atoms with Crippen molar-refractivity contribution in [3.63, 3.8) is 0 Å². The van der Waals surface area contributed by atoms with Crippen LogP contribution in [0.4, 0.5) is 23.1 Å². The zero-order chi connectivity index (χ0) is 23.9. The van der Waals surface area contributed by atoms with Crippen LogP contribution in [-0.2, 0) is 16.8 Å². The van der Waals surface area contributed by atoms with E-state index in [0.717, 1.165) is 48.4 Å². The molecule has 0 atom stereocenters. The number of nitrogens with zero attached hydrogens (tertiary/aromatic N) is 5. The number of likely N-dealkylation sites (tertiary alicyclic amines) is 1. The number of piperidine rings is 1. The van der Waals surface area contributed by atoms with Crippen molar-refractivity contribution in [2.24, 2.45) is 0 Å². The van der Waals surface area contributed by atoms with Gasteiger partial charge in [-0.15, -0.1) is 0 Å². The van der Waals surface area contributed by atoms with E-state index in [1.165, 1.54) is 0 Å². The number of carbonyl (C=O) groups is 1. The maximum atomic E-state index is 12.4. The van der Waals surface area contributed by atoms with Gasteiger partial charge in [0.05, 0.1) is 29.5 Å². The van der Waals surface area contributed by atoms with Gasteiger partial charge in [0.2, 0.25) is 11.9 Å². The molecule has 0 saturated carbocycles. The minimum absolute atomic E-state index is 0.00213. The molecule has 10 heteroatoms. The second-order valence-corrected chi connectivity index (χ2v) is 9.94. The molecule has 3 aromatic rings. The fraction of sp³-hybridized carbons (Fsp3) is 0.417. The molecule has 1 amide bonds. The number of nitrogens with one attached hydrogen (secondary N) is 3. The van der Waals surface area contributed by atoms with Crippen molar-refractivity contribution in [3.05, 3.63) is 52.9 Å². The number of benzene rings is 1. The monoisotopic (exact) mass is 480 g/mol. The number of hydrogen-bond acceptors (Lipinski definition) is 7. The smallest absolute Gasteiger partial charge is 0.234 e. The minimum atomic E-state index is -0.594. The van der Waals surface area contributed by atoms with Crippen LogP contribution in [0.3, 0.4) is 0 Å². The molecule has 1 fully saturated rings. The van der Waals surface area contributed by atoms with Crippen LogP contribution in [0.2, 0.25) is 5.02 Å². The quantitative estimate of drug-likeness (QED) is 0.486. The van der Waals surface area contributed by atoms with E-state index < -0.39 is 5.41 Å². The number of rotatable bonds is 6. The van der Waals surface area contributed by atoms with Gasteiger partial charge in [0.1, 0.15) is 5.02 Å². The van der Waals surface area contributed by atoms with E-state index in [2.05, 4.69) is 43.0 Å². The van der Waals surface area contributed by atoms with E-state index in [9.17, 15) is 4.79 Å². The lowest BCUT2D eigenvalue weighted by Crippen LogP contribution is -2.31. The molecule has 0 aliphatic carbocycles. The molecular formula is C24H29ClN8O. The first-order valence-electron chi connectivity index (χ1n) is 11.5. The molecule has 2 aliphatic heterocycles. The molecule has 0 unspecified atom stereocenters. The third-order valence-electron chi connectivity index (χ3n) is 6.70. The highest BCUT2D eigenvalue weighted by Crippen LogP contribution is 2.40. The van der Waals surface area contributed by atoms with Crippen molar-refractivity contribution in [1.82, 2.24) is 24.6 Å². The van der Waals surface area contributed by atoms with Gasteiger partial charge in [-0.3, -0.25) is 9.48 Å². The third-order valence-corrected chi connectivity index (χ3v) is 6.98. The first-order valence-corrected chi connectivity index (χ1v) is 11.9. The van der Waals surface area contributed by atoms with Crippen molar-refractivity contribution >= 4 is 40.6 Å². The van der Waals surface area contributed by atoms with Crippen LogP contribution in [0.25, 0.3) is 0 Å². The molecule has 1 saturated heterocycles. The molecule has 2 aromatic heterocycles. The van der Waals surface area contributed by atoms with E-state index in [1.807, 2.05) is 42.9 Å². The summed E-state index contributed by atoms with van der Waals surface area (Å²) in [6, 6.07) is 6.29. The fourth-order valence-electron chi connectivity index (χ4n) is 4.70. The number of aromatic nitrogens is 4. The largest absolute Gasteiger partial charge is 0.365 e. The third kappa shape index (κ3) is 4.33. The first-order chi connectivity index (χ1) is 16.3. The summed E-state index contributed by atoms with van der Waals surface area (Å²) in [6.07, 6.45) is 7.54. The van der Waals surface area contributed by atoms with Crippen molar-refractivity contribution < 1.29 is 4.79 Å². The number of hydrogen-bond donors (Lipinski definition) is 3. The fourth-order valence-corrected chi connectivity index (χ4v) is 4.86. The summed E-state index contributed by atoms with van der Waals surface area (Å²) in [4.78, 5) is 23.6. The Balaban J connectivity index is 1.29. The summed E-state index contributed by atoms with van der Waals surface area (Å²) in [5.74, 6) is 0.960. The second-order valence-electron chi connectivity index (χ2n) is 9.53. The average Bonchev–Trinajstić information content (AvgIpc) is 3.37. The van der Waals surface area contributed by atoms with Gasteiger partial charge in [0.15, 0.2) is 5.82 Å². The van der Waals surface area contributed by atoms with Crippen LogP contribution in [-0.4, -0.2) is 50.7 Å². The number of anilines is 4. The number of carbonyl (C=O) groups excluding carboxylic acids is 1. The summed E-state index contributed by atoms with van der Waals surface area (Å²) in [5, 5.41) is 14.5. The Morgan fingerprint density at radius 3 is 2.82 bits per heavy atom. The van der Waals surface area contributed by atoms with E-state index in [4.69, 9.17) is 11.6 Å². The number of halogens is 1. The molecular weight excluding hydrogens is 452 g/mol. The summed E-state index contributed by atoms with van der Waals surface area (Å²) in [6.45, 7) is 6.50. The second kappa shape index (κ2) is 8.88. The molecule has 9 nitrogen and oxygen atoms in total. The molecule has 0 spiro atoms. The highest BCUT2D eigenvalue weighted by Gasteiger charge is 2.39. The first kappa shape index (κ1) is 22.6. The lowest BCUT2D eigenvalue weighted by Gasteiger charge is -2.28. The van der Waals surface area contributed by atoms with Gasteiger partial charge in [0.25, 0.3) is 0 Å². The van der Waals surface area contributed by atoms with Crippen LogP contribution in [0.1, 0.15) is 43.9 Å². The van der Waals surface area contributed by atoms with Crippen LogP contribution in [0, 0.1) is 0 Å². The van der Waals surface area contributed by atoms with E-state index in [0.29, 0.717) is 29.4 Å². The standard InChI is InChI=1S/C24H29ClN8O/c1-24(2)20-15(5-4-6-19(20)30-22(24)34)11-26-21-18(25)13-27-23(31-21)29-16-12-28-33(14-16)17-7-9-32(3)10-8-17/h4-6,12-14,17H,7-11H2,1-3H3,(H,30,34)(H2,26,27,29,31). The van der Waals surface area contributed by atoms with E-state index in [-0.39, 0.29) is 5.91 Å². The number of fused-ring (bicyclic) bond motifs is 1.